The lowest BCUT2D eigenvalue weighted by molar-refractivity contribution is 0.209. The zero-order valence-corrected chi connectivity index (χ0v) is 12.1. The van der Waals surface area contributed by atoms with Gasteiger partial charge in [0, 0.05) is 6.04 Å². The number of nitrogens with zero attached hydrogens (tertiary/aromatic N) is 2. The lowest BCUT2D eigenvalue weighted by Crippen LogP contribution is -2.39. The summed E-state index contributed by atoms with van der Waals surface area (Å²) in [5.74, 6) is 0.0157. The number of aromatic nitrogens is 2. The Morgan fingerprint density at radius 3 is 2.64 bits per heavy atom. The Morgan fingerprint density at radius 2 is 1.91 bits per heavy atom. The fraction of sp³-hybridized carbons (Fsp3) is 0.400. The molecule has 1 heterocycles. The summed E-state index contributed by atoms with van der Waals surface area (Å²) in [7, 11) is 0. The number of rotatable bonds is 2. The van der Waals surface area contributed by atoms with Crippen LogP contribution in [0, 0.1) is 0 Å². The molecule has 3 rings (SSSR count). The van der Waals surface area contributed by atoms with Gasteiger partial charge in [0.2, 0.25) is 5.95 Å². The van der Waals surface area contributed by atoms with Gasteiger partial charge in [-0.1, -0.05) is 31.4 Å². The summed E-state index contributed by atoms with van der Waals surface area (Å²) >= 11 is 0. The van der Waals surface area contributed by atoms with Crippen molar-refractivity contribution in [2.45, 2.75) is 38.1 Å². The molecule has 0 aliphatic heterocycles. The van der Waals surface area contributed by atoms with Crippen LogP contribution in [0.15, 0.2) is 24.3 Å². The van der Waals surface area contributed by atoms with Crippen molar-refractivity contribution in [1.82, 2.24) is 14.9 Å². The van der Waals surface area contributed by atoms with Crippen LogP contribution in [0.4, 0.5) is 15.5 Å². The monoisotopic (exact) mass is 302 g/mol. The van der Waals surface area contributed by atoms with E-state index in [2.05, 4.69) is 15.6 Å². The number of anilines is 1. The van der Waals surface area contributed by atoms with Gasteiger partial charge in [0.15, 0.2) is 0 Å². The topological polar surface area (TPSA) is 96.2 Å². The molecule has 7 heteroatoms. The van der Waals surface area contributed by atoms with Crippen molar-refractivity contribution in [1.29, 1.82) is 0 Å². The number of carboxylic acid groups (broad SMARTS) is 1. The zero-order chi connectivity index (χ0) is 15.5. The minimum atomic E-state index is -1.25. The standard InChI is InChI=1S/C15H18N4O3/c20-14(16-10-6-2-1-3-7-10)19-12-9-5-4-8-11(12)17-13(19)18-15(21)22/h4-5,8-10H,1-3,6-7H2,(H,16,20)(H,17,18)(H,21,22). The van der Waals surface area contributed by atoms with Crippen LogP contribution in [-0.4, -0.2) is 32.8 Å². The SMILES string of the molecule is O=C(O)Nc1nc2ccccc2n1C(=O)NC1CCCCC1. The van der Waals surface area contributed by atoms with Crippen molar-refractivity contribution >= 4 is 29.1 Å². The second-order valence-electron chi connectivity index (χ2n) is 5.47. The van der Waals surface area contributed by atoms with Gasteiger partial charge < -0.3 is 10.4 Å². The first kappa shape index (κ1) is 14.4. The van der Waals surface area contributed by atoms with Crippen molar-refractivity contribution in [3.05, 3.63) is 24.3 Å². The number of fused-ring (bicyclic) bond motifs is 1. The summed E-state index contributed by atoms with van der Waals surface area (Å²) in [6.45, 7) is 0. The van der Waals surface area contributed by atoms with Crippen LogP contribution in [0.5, 0.6) is 0 Å². The normalized spacial score (nSPS) is 15.6. The highest BCUT2D eigenvalue weighted by Gasteiger charge is 2.21. The molecule has 0 bridgehead atoms. The molecule has 1 aromatic heterocycles. The molecule has 7 nitrogen and oxygen atoms in total. The molecule has 1 fully saturated rings. The van der Waals surface area contributed by atoms with Crippen LogP contribution in [0.3, 0.4) is 0 Å². The molecule has 0 radical (unpaired) electrons. The van der Waals surface area contributed by atoms with Crippen molar-refractivity contribution in [2.24, 2.45) is 0 Å². The Hall–Kier alpha value is -2.57. The molecular weight excluding hydrogens is 284 g/mol. The van der Waals surface area contributed by atoms with Gasteiger partial charge in [-0.25, -0.2) is 19.1 Å². The first-order chi connectivity index (χ1) is 10.6. The van der Waals surface area contributed by atoms with Crippen LogP contribution in [0.2, 0.25) is 0 Å². The minimum Gasteiger partial charge on any atom is -0.465 e. The van der Waals surface area contributed by atoms with E-state index >= 15 is 0 Å². The summed E-state index contributed by atoms with van der Waals surface area (Å²) in [5.41, 5.74) is 1.16. The van der Waals surface area contributed by atoms with Gasteiger partial charge >= 0.3 is 12.1 Å². The Labute approximate surface area is 127 Å². The van der Waals surface area contributed by atoms with Crippen LogP contribution < -0.4 is 10.6 Å². The van der Waals surface area contributed by atoms with E-state index in [9.17, 15) is 9.59 Å². The fourth-order valence-electron chi connectivity index (χ4n) is 2.90. The van der Waals surface area contributed by atoms with Gasteiger partial charge in [-0.15, -0.1) is 0 Å². The Balaban J connectivity index is 1.92. The van der Waals surface area contributed by atoms with E-state index < -0.39 is 6.09 Å². The largest absolute Gasteiger partial charge is 0.465 e. The quantitative estimate of drug-likeness (QED) is 0.794. The Kier molecular flexibility index (Phi) is 3.95. The first-order valence-corrected chi connectivity index (χ1v) is 7.43. The molecule has 1 aliphatic rings. The second kappa shape index (κ2) is 6.05. The van der Waals surface area contributed by atoms with E-state index in [0.29, 0.717) is 11.0 Å². The molecule has 1 aliphatic carbocycles. The van der Waals surface area contributed by atoms with E-state index in [4.69, 9.17) is 5.11 Å². The summed E-state index contributed by atoms with van der Waals surface area (Å²) in [6, 6.07) is 6.87. The van der Waals surface area contributed by atoms with Crippen molar-refractivity contribution in [3.8, 4) is 0 Å². The first-order valence-electron chi connectivity index (χ1n) is 7.43. The lowest BCUT2D eigenvalue weighted by atomic mass is 9.96. The minimum absolute atomic E-state index is 0.0157. The molecule has 0 spiro atoms. The predicted octanol–water partition coefficient (Wildman–Crippen LogP) is 3.02. The molecule has 2 aromatic rings. The van der Waals surface area contributed by atoms with E-state index in [1.807, 2.05) is 0 Å². The molecule has 1 saturated carbocycles. The fourth-order valence-corrected chi connectivity index (χ4v) is 2.90. The third-order valence-electron chi connectivity index (χ3n) is 3.92. The number of carbonyl (C=O) groups excluding carboxylic acids is 1. The predicted molar refractivity (Wildman–Crippen MR) is 82.2 cm³/mol. The van der Waals surface area contributed by atoms with Gasteiger partial charge in [0.25, 0.3) is 0 Å². The van der Waals surface area contributed by atoms with Gasteiger partial charge in [0.05, 0.1) is 11.0 Å². The van der Waals surface area contributed by atoms with Crippen LogP contribution in [-0.2, 0) is 0 Å². The molecule has 0 saturated heterocycles. The maximum atomic E-state index is 12.6. The van der Waals surface area contributed by atoms with Gasteiger partial charge in [0.1, 0.15) is 0 Å². The zero-order valence-electron chi connectivity index (χ0n) is 12.1. The smallest absolute Gasteiger partial charge is 0.411 e. The number of amides is 2. The number of para-hydroxylation sites is 2. The number of imidazole rings is 1. The molecule has 0 unspecified atom stereocenters. The highest BCUT2D eigenvalue weighted by molar-refractivity contribution is 5.95. The van der Waals surface area contributed by atoms with Crippen molar-refractivity contribution in [3.63, 3.8) is 0 Å². The summed E-state index contributed by atoms with van der Waals surface area (Å²) in [5, 5.41) is 14.1. The average molecular weight is 302 g/mol. The molecule has 0 atom stereocenters. The maximum absolute atomic E-state index is 12.6. The molecule has 3 N–H and O–H groups in total. The van der Waals surface area contributed by atoms with Gasteiger partial charge in [-0.3, -0.25) is 5.32 Å². The third kappa shape index (κ3) is 2.88. The van der Waals surface area contributed by atoms with Gasteiger partial charge in [-0.2, -0.15) is 0 Å². The van der Waals surface area contributed by atoms with E-state index in [1.165, 1.54) is 11.0 Å². The van der Waals surface area contributed by atoms with Gasteiger partial charge in [-0.05, 0) is 25.0 Å². The molecule has 116 valence electrons. The number of carbonyl (C=O) groups is 2. The summed E-state index contributed by atoms with van der Waals surface area (Å²) < 4.78 is 1.29. The highest BCUT2D eigenvalue weighted by atomic mass is 16.4. The van der Waals surface area contributed by atoms with Crippen LogP contribution in [0.25, 0.3) is 11.0 Å². The Bertz CT molecular complexity index is 704. The lowest BCUT2D eigenvalue weighted by Gasteiger charge is -2.23. The number of benzene rings is 1. The van der Waals surface area contributed by atoms with E-state index in [1.54, 1.807) is 24.3 Å². The van der Waals surface area contributed by atoms with Crippen molar-refractivity contribution in [2.75, 3.05) is 5.32 Å². The third-order valence-corrected chi connectivity index (χ3v) is 3.92. The Morgan fingerprint density at radius 1 is 1.18 bits per heavy atom. The van der Waals surface area contributed by atoms with Crippen LogP contribution in [0.1, 0.15) is 32.1 Å². The van der Waals surface area contributed by atoms with Crippen LogP contribution >= 0.6 is 0 Å². The second-order valence-corrected chi connectivity index (χ2v) is 5.47. The maximum Gasteiger partial charge on any atom is 0.411 e. The number of hydrogen-bond acceptors (Lipinski definition) is 3. The molecular formula is C15H18N4O3. The molecule has 1 aromatic carbocycles. The highest BCUT2D eigenvalue weighted by Crippen LogP contribution is 2.21. The average Bonchev–Trinajstić information content (AvgIpc) is 2.85. The van der Waals surface area contributed by atoms with Crippen molar-refractivity contribution < 1.29 is 14.7 Å². The van der Waals surface area contributed by atoms with E-state index in [-0.39, 0.29) is 18.0 Å². The number of hydrogen-bond donors (Lipinski definition) is 3. The van der Waals surface area contributed by atoms with E-state index in [0.717, 1.165) is 25.7 Å². The summed E-state index contributed by atoms with van der Waals surface area (Å²) in [4.78, 5) is 27.7. The number of nitrogens with one attached hydrogen (secondary N) is 2. The summed E-state index contributed by atoms with van der Waals surface area (Å²) in [6.07, 6.45) is 4.08. The molecule has 2 amide bonds. The molecule has 22 heavy (non-hydrogen) atoms.